The minimum Gasteiger partial charge on any atom is -0.271 e. The third-order valence-electron chi connectivity index (χ3n) is 4.82. The summed E-state index contributed by atoms with van der Waals surface area (Å²) in [6.07, 6.45) is 0.701. The zero-order valence-corrected chi connectivity index (χ0v) is 14.3. The topological polar surface area (TPSA) is 57.7 Å². The maximum absolute atomic E-state index is 13.2. The van der Waals surface area contributed by atoms with Crippen LogP contribution in [0, 0.1) is 5.41 Å². The number of carbonyl (C=O) groups excluding carboxylic acids is 3. The first-order chi connectivity index (χ1) is 12.1. The Morgan fingerprint density at radius 3 is 1.88 bits per heavy atom. The van der Waals surface area contributed by atoms with E-state index in [1.807, 2.05) is 6.07 Å². The van der Waals surface area contributed by atoms with Gasteiger partial charge in [0, 0.05) is 5.56 Å². The number of hydrogen-bond acceptors (Lipinski definition) is 3. The maximum atomic E-state index is 13.2. The van der Waals surface area contributed by atoms with E-state index in [9.17, 15) is 14.4 Å². The van der Waals surface area contributed by atoms with Crippen molar-refractivity contribution in [1.29, 1.82) is 0 Å². The van der Waals surface area contributed by atoms with Gasteiger partial charge in [0.05, 0.1) is 5.69 Å². The van der Waals surface area contributed by atoms with Crippen LogP contribution in [0.1, 0.15) is 37.0 Å². The van der Waals surface area contributed by atoms with Crippen molar-refractivity contribution < 1.29 is 14.4 Å². The molecule has 25 heavy (non-hydrogen) atoms. The average Bonchev–Trinajstić information content (AvgIpc) is 2.89. The summed E-state index contributed by atoms with van der Waals surface area (Å²) >= 11 is 0. The van der Waals surface area contributed by atoms with Gasteiger partial charge < -0.3 is 0 Å². The largest absolute Gasteiger partial charge is 0.280 e. The molecule has 5 nitrogen and oxygen atoms in total. The molecule has 1 aliphatic rings. The van der Waals surface area contributed by atoms with Crippen molar-refractivity contribution in [2.45, 2.75) is 26.7 Å². The van der Waals surface area contributed by atoms with Gasteiger partial charge in [-0.15, -0.1) is 0 Å². The normalized spacial score (nSPS) is 16.4. The van der Waals surface area contributed by atoms with Gasteiger partial charge in [-0.05, 0) is 37.1 Å². The van der Waals surface area contributed by atoms with E-state index in [-0.39, 0.29) is 5.91 Å². The Labute approximate surface area is 146 Å². The number of imide groups is 1. The number of hydrogen-bond donors (Lipinski definition) is 0. The Hall–Kier alpha value is -2.95. The molecule has 128 valence electrons. The molecule has 0 bridgehead atoms. The number of benzene rings is 2. The zero-order valence-electron chi connectivity index (χ0n) is 14.3. The maximum Gasteiger partial charge on any atom is 0.280 e. The quantitative estimate of drug-likeness (QED) is 0.635. The Bertz CT molecular complexity index is 798. The third-order valence-corrected chi connectivity index (χ3v) is 4.82. The molecule has 0 N–H and O–H groups in total. The van der Waals surface area contributed by atoms with E-state index < -0.39 is 17.2 Å². The molecule has 0 radical (unpaired) electrons. The molecule has 5 heteroatoms. The lowest BCUT2D eigenvalue weighted by Gasteiger charge is -2.25. The van der Waals surface area contributed by atoms with Crippen LogP contribution < -0.4 is 5.01 Å². The lowest BCUT2D eigenvalue weighted by atomic mass is 9.81. The third kappa shape index (κ3) is 2.52. The smallest absolute Gasteiger partial charge is 0.271 e. The van der Waals surface area contributed by atoms with Crippen LogP contribution in [-0.2, 0) is 9.59 Å². The van der Waals surface area contributed by atoms with Crippen molar-refractivity contribution in [2.75, 3.05) is 5.01 Å². The highest BCUT2D eigenvalue weighted by Crippen LogP contribution is 2.41. The monoisotopic (exact) mass is 336 g/mol. The molecular formula is C20H20N2O3. The van der Waals surface area contributed by atoms with Crippen molar-refractivity contribution >= 4 is 23.4 Å². The first-order valence-electron chi connectivity index (χ1n) is 8.40. The van der Waals surface area contributed by atoms with Crippen molar-refractivity contribution in [3.63, 3.8) is 0 Å². The summed E-state index contributed by atoms with van der Waals surface area (Å²) in [6, 6.07) is 17.3. The molecule has 0 spiro atoms. The van der Waals surface area contributed by atoms with Crippen molar-refractivity contribution in [3.05, 3.63) is 66.2 Å². The molecule has 1 fully saturated rings. The molecule has 1 saturated heterocycles. The zero-order chi connectivity index (χ0) is 18.0. The van der Waals surface area contributed by atoms with Gasteiger partial charge in [0.15, 0.2) is 0 Å². The minimum atomic E-state index is -1.19. The molecule has 0 atom stereocenters. The van der Waals surface area contributed by atoms with E-state index in [1.54, 1.807) is 68.4 Å². The number of carbonyl (C=O) groups is 3. The molecule has 2 aromatic rings. The predicted octanol–water partition coefficient (Wildman–Crippen LogP) is 3.42. The molecule has 3 rings (SSSR count). The molecule has 0 aliphatic carbocycles. The van der Waals surface area contributed by atoms with E-state index >= 15 is 0 Å². The molecule has 0 unspecified atom stereocenters. The summed E-state index contributed by atoms with van der Waals surface area (Å²) in [5.41, 5.74) is -0.318. The van der Waals surface area contributed by atoms with E-state index in [1.165, 1.54) is 5.01 Å². The first-order valence-corrected chi connectivity index (χ1v) is 8.40. The van der Waals surface area contributed by atoms with Crippen LogP contribution in [0.3, 0.4) is 0 Å². The van der Waals surface area contributed by atoms with Crippen LogP contribution in [0.25, 0.3) is 0 Å². The van der Waals surface area contributed by atoms with E-state index in [0.717, 1.165) is 5.01 Å². The van der Waals surface area contributed by atoms with Crippen LogP contribution >= 0.6 is 0 Å². The van der Waals surface area contributed by atoms with Gasteiger partial charge >= 0.3 is 0 Å². The predicted molar refractivity (Wildman–Crippen MR) is 94.6 cm³/mol. The van der Waals surface area contributed by atoms with Crippen LogP contribution in [-0.4, -0.2) is 22.7 Å². The second kappa shape index (κ2) is 6.51. The molecule has 0 saturated carbocycles. The summed E-state index contributed by atoms with van der Waals surface area (Å²) in [5.74, 6) is -1.30. The molecule has 1 heterocycles. The number of para-hydroxylation sites is 1. The van der Waals surface area contributed by atoms with Gasteiger partial charge in [-0.2, -0.15) is 5.01 Å². The number of nitrogens with zero attached hydrogens (tertiary/aromatic N) is 2. The van der Waals surface area contributed by atoms with E-state index in [0.29, 0.717) is 24.1 Å². The number of rotatable bonds is 4. The molecule has 0 aromatic heterocycles. The van der Waals surface area contributed by atoms with Crippen molar-refractivity contribution in [1.82, 2.24) is 5.01 Å². The molecular weight excluding hydrogens is 316 g/mol. The summed E-state index contributed by atoms with van der Waals surface area (Å²) in [5, 5.41) is 2.23. The highest BCUT2D eigenvalue weighted by Gasteiger charge is 2.58. The summed E-state index contributed by atoms with van der Waals surface area (Å²) < 4.78 is 0. The van der Waals surface area contributed by atoms with Gasteiger partial charge in [0.25, 0.3) is 17.7 Å². The van der Waals surface area contributed by atoms with Crippen LogP contribution in [0.2, 0.25) is 0 Å². The SMILES string of the molecule is CCC1(CC)C(=O)N(C(=O)c2ccccc2)N(c2ccccc2)C1=O. The van der Waals surface area contributed by atoms with Gasteiger partial charge in [-0.25, -0.2) is 5.01 Å². The Morgan fingerprint density at radius 2 is 1.36 bits per heavy atom. The number of hydrazine groups is 1. The van der Waals surface area contributed by atoms with E-state index in [2.05, 4.69) is 0 Å². The van der Waals surface area contributed by atoms with Crippen LogP contribution in [0.4, 0.5) is 5.69 Å². The molecule has 2 aromatic carbocycles. The summed E-state index contributed by atoms with van der Waals surface area (Å²) in [7, 11) is 0. The number of amides is 3. The van der Waals surface area contributed by atoms with Gasteiger partial charge in [0.2, 0.25) is 0 Å². The van der Waals surface area contributed by atoms with Crippen molar-refractivity contribution in [2.24, 2.45) is 5.41 Å². The first kappa shape index (κ1) is 16.9. The molecule has 1 aliphatic heterocycles. The van der Waals surface area contributed by atoms with E-state index in [4.69, 9.17) is 0 Å². The Kier molecular flexibility index (Phi) is 4.40. The lowest BCUT2D eigenvalue weighted by molar-refractivity contribution is -0.138. The van der Waals surface area contributed by atoms with Gasteiger partial charge in [-0.3, -0.25) is 14.4 Å². The minimum absolute atomic E-state index is 0.349. The fraction of sp³-hybridized carbons (Fsp3) is 0.250. The van der Waals surface area contributed by atoms with Gasteiger partial charge in [-0.1, -0.05) is 50.2 Å². The second-order valence-corrected chi connectivity index (χ2v) is 6.03. The lowest BCUT2D eigenvalue weighted by Crippen LogP contribution is -2.45. The Morgan fingerprint density at radius 1 is 0.840 bits per heavy atom. The second-order valence-electron chi connectivity index (χ2n) is 6.03. The van der Waals surface area contributed by atoms with Crippen molar-refractivity contribution in [3.8, 4) is 0 Å². The highest BCUT2D eigenvalue weighted by molar-refractivity contribution is 6.24. The van der Waals surface area contributed by atoms with Crippen LogP contribution in [0.5, 0.6) is 0 Å². The summed E-state index contributed by atoms with van der Waals surface area (Å²) in [4.78, 5) is 39.3. The molecule has 3 amide bonds. The highest BCUT2D eigenvalue weighted by atomic mass is 16.2. The Balaban J connectivity index is 2.14. The van der Waals surface area contributed by atoms with Gasteiger partial charge in [0.1, 0.15) is 5.41 Å². The fourth-order valence-corrected chi connectivity index (χ4v) is 3.22. The van der Waals surface area contributed by atoms with Crippen LogP contribution in [0.15, 0.2) is 60.7 Å². The standard InChI is InChI=1S/C20H20N2O3/c1-3-20(4-2)18(24)21(16-13-9-6-10-14-16)22(19(20)25)17(23)15-11-7-5-8-12-15/h5-14H,3-4H2,1-2H3. The number of anilines is 1. The average molecular weight is 336 g/mol. The fourth-order valence-electron chi connectivity index (χ4n) is 3.22. The summed E-state index contributed by atoms with van der Waals surface area (Å²) in [6.45, 7) is 3.61.